The van der Waals surface area contributed by atoms with E-state index in [-0.39, 0.29) is 6.04 Å². The van der Waals surface area contributed by atoms with Crippen molar-refractivity contribution < 1.29 is 15.0 Å². The zero-order valence-electron chi connectivity index (χ0n) is 8.65. The number of nitrogens with zero attached hydrogens (tertiary/aromatic N) is 1. The summed E-state index contributed by atoms with van der Waals surface area (Å²) in [4.78, 5) is 12.2. The van der Waals surface area contributed by atoms with Crippen molar-refractivity contribution in [3.05, 3.63) is 0 Å². The Hall–Kier alpha value is -0.770. The van der Waals surface area contributed by atoms with Gasteiger partial charge >= 0.3 is 6.09 Å². The molecule has 1 saturated carbocycles. The third-order valence-corrected chi connectivity index (χ3v) is 2.88. The van der Waals surface area contributed by atoms with E-state index in [0.717, 1.165) is 25.7 Å². The minimum atomic E-state index is -0.994. The molecule has 4 nitrogen and oxygen atoms in total. The second kappa shape index (κ2) is 5.20. The fourth-order valence-corrected chi connectivity index (χ4v) is 2.08. The predicted molar refractivity (Wildman–Crippen MR) is 53.0 cm³/mol. The van der Waals surface area contributed by atoms with Crippen LogP contribution in [-0.2, 0) is 0 Å². The van der Waals surface area contributed by atoms with Crippen LogP contribution in [-0.4, -0.2) is 33.5 Å². The van der Waals surface area contributed by atoms with Crippen molar-refractivity contribution in [1.29, 1.82) is 0 Å². The fourth-order valence-electron chi connectivity index (χ4n) is 2.08. The zero-order valence-corrected chi connectivity index (χ0v) is 8.65. The minimum absolute atomic E-state index is 0.0243. The van der Waals surface area contributed by atoms with Crippen molar-refractivity contribution in [3.63, 3.8) is 0 Å². The molecule has 1 amide bonds. The SMILES string of the molecule is CCC(O)N(C(=O)O)C1CCCCC1. The van der Waals surface area contributed by atoms with Crippen LogP contribution in [0.5, 0.6) is 0 Å². The minimum Gasteiger partial charge on any atom is -0.465 e. The van der Waals surface area contributed by atoms with Crippen LogP contribution in [0.4, 0.5) is 4.79 Å². The Kier molecular flexibility index (Phi) is 4.20. The van der Waals surface area contributed by atoms with Gasteiger partial charge in [-0.05, 0) is 19.3 Å². The van der Waals surface area contributed by atoms with E-state index in [1.165, 1.54) is 11.3 Å². The smallest absolute Gasteiger partial charge is 0.409 e. The first-order valence-corrected chi connectivity index (χ1v) is 5.36. The van der Waals surface area contributed by atoms with E-state index in [0.29, 0.717) is 6.42 Å². The number of hydrogen-bond acceptors (Lipinski definition) is 2. The average Bonchev–Trinajstić information content (AvgIpc) is 2.19. The van der Waals surface area contributed by atoms with Gasteiger partial charge in [0.15, 0.2) is 0 Å². The molecule has 0 saturated heterocycles. The summed E-state index contributed by atoms with van der Waals surface area (Å²) in [5.41, 5.74) is 0. The Labute approximate surface area is 84.5 Å². The van der Waals surface area contributed by atoms with E-state index < -0.39 is 12.3 Å². The highest BCUT2D eigenvalue weighted by Crippen LogP contribution is 2.24. The third kappa shape index (κ3) is 2.61. The van der Waals surface area contributed by atoms with Gasteiger partial charge in [-0.15, -0.1) is 0 Å². The Morgan fingerprint density at radius 2 is 2.00 bits per heavy atom. The summed E-state index contributed by atoms with van der Waals surface area (Å²) in [6.45, 7) is 1.80. The van der Waals surface area contributed by atoms with E-state index in [9.17, 15) is 9.90 Å². The van der Waals surface area contributed by atoms with Crippen molar-refractivity contribution in [1.82, 2.24) is 4.90 Å². The van der Waals surface area contributed by atoms with Crippen LogP contribution in [0.15, 0.2) is 0 Å². The summed E-state index contributed by atoms with van der Waals surface area (Å²) >= 11 is 0. The predicted octanol–water partition coefficient (Wildman–Crippen LogP) is 2.03. The number of hydrogen-bond donors (Lipinski definition) is 2. The highest BCUT2D eigenvalue weighted by Gasteiger charge is 2.29. The topological polar surface area (TPSA) is 60.8 Å². The Balaban J connectivity index is 2.60. The van der Waals surface area contributed by atoms with Gasteiger partial charge in [-0.1, -0.05) is 26.2 Å². The van der Waals surface area contributed by atoms with Crippen molar-refractivity contribution >= 4 is 6.09 Å². The molecule has 0 aromatic rings. The maximum atomic E-state index is 11.0. The molecular weight excluding hydrogens is 182 g/mol. The molecule has 14 heavy (non-hydrogen) atoms. The lowest BCUT2D eigenvalue weighted by molar-refractivity contribution is -0.0218. The molecule has 0 radical (unpaired) electrons. The number of aliphatic hydroxyl groups excluding tert-OH is 1. The van der Waals surface area contributed by atoms with Crippen LogP contribution in [0.1, 0.15) is 45.4 Å². The number of rotatable bonds is 3. The fraction of sp³-hybridized carbons (Fsp3) is 0.900. The Bertz CT molecular complexity index is 190. The van der Waals surface area contributed by atoms with Gasteiger partial charge in [0, 0.05) is 6.04 Å². The molecule has 0 aromatic carbocycles. The molecule has 4 heteroatoms. The molecular formula is C10H19NO3. The van der Waals surface area contributed by atoms with Gasteiger partial charge in [0.2, 0.25) is 0 Å². The molecule has 1 rings (SSSR count). The largest absolute Gasteiger partial charge is 0.465 e. The van der Waals surface area contributed by atoms with Gasteiger partial charge in [0.05, 0.1) is 0 Å². The summed E-state index contributed by atoms with van der Waals surface area (Å²) in [6, 6.07) is 0.0243. The molecule has 0 heterocycles. The van der Waals surface area contributed by atoms with Gasteiger partial charge in [-0.25, -0.2) is 4.79 Å². The third-order valence-electron chi connectivity index (χ3n) is 2.88. The molecule has 0 spiro atoms. The molecule has 0 bridgehead atoms. The van der Waals surface area contributed by atoms with Crippen LogP contribution >= 0.6 is 0 Å². The molecule has 1 aliphatic rings. The zero-order chi connectivity index (χ0) is 10.6. The first-order chi connectivity index (χ1) is 6.66. The van der Waals surface area contributed by atoms with E-state index in [1.807, 2.05) is 0 Å². The van der Waals surface area contributed by atoms with Crippen molar-refractivity contribution in [2.45, 2.75) is 57.7 Å². The van der Waals surface area contributed by atoms with Gasteiger partial charge < -0.3 is 10.2 Å². The quantitative estimate of drug-likeness (QED) is 0.687. The number of aliphatic hydroxyl groups is 1. The lowest BCUT2D eigenvalue weighted by atomic mass is 9.94. The number of carboxylic acid groups (broad SMARTS) is 1. The standard InChI is InChI=1S/C10H19NO3/c1-2-9(12)11(10(13)14)8-6-4-3-5-7-8/h8-9,12H,2-7H2,1H3,(H,13,14). The van der Waals surface area contributed by atoms with Gasteiger partial charge in [0.25, 0.3) is 0 Å². The molecule has 0 aromatic heterocycles. The van der Waals surface area contributed by atoms with Crippen LogP contribution in [0.3, 0.4) is 0 Å². The molecule has 1 aliphatic carbocycles. The van der Waals surface area contributed by atoms with Crippen LogP contribution in [0, 0.1) is 0 Å². The maximum Gasteiger partial charge on any atom is 0.409 e. The van der Waals surface area contributed by atoms with Crippen molar-refractivity contribution in [3.8, 4) is 0 Å². The summed E-state index contributed by atoms with van der Waals surface area (Å²) in [5, 5.41) is 18.6. The molecule has 1 unspecified atom stereocenters. The second-order valence-corrected chi connectivity index (χ2v) is 3.87. The van der Waals surface area contributed by atoms with Crippen molar-refractivity contribution in [2.24, 2.45) is 0 Å². The van der Waals surface area contributed by atoms with Crippen LogP contribution < -0.4 is 0 Å². The van der Waals surface area contributed by atoms with Crippen molar-refractivity contribution in [2.75, 3.05) is 0 Å². The Morgan fingerprint density at radius 3 is 2.43 bits per heavy atom. The first-order valence-electron chi connectivity index (χ1n) is 5.36. The summed E-state index contributed by atoms with van der Waals surface area (Å²) in [6.07, 6.45) is 3.75. The van der Waals surface area contributed by atoms with Crippen LogP contribution in [0.2, 0.25) is 0 Å². The van der Waals surface area contributed by atoms with Gasteiger partial charge in [0.1, 0.15) is 6.23 Å². The second-order valence-electron chi connectivity index (χ2n) is 3.87. The lowest BCUT2D eigenvalue weighted by Crippen LogP contribution is -2.47. The van der Waals surface area contributed by atoms with Gasteiger partial charge in [-0.2, -0.15) is 0 Å². The summed E-state index contributed by atoms with van der Waals surface area (Å²) in [7, 11) is 0. The van der Waals surface area contributed by atoms with Gasteiger partial charge in [-0.3, -0.25) is 4.90 Å². The van der Waals surface area contributed by atoms with E-state index in [1.54, 1.807) is 6.92 Å². The number of amides is 1. The monoisotopic (exact) mass is 201 g/mol. The molecule has 1 atom stereocenters. The molecule has 0 aliphatic heterocycles. The first kappa shape index (κ1) is 11.3. The Morgan fingerprint density at radius 1 is 1.43 bits per heavy atom. The molecule has 1 fully saturated rings. The summed E-state index contributed by atoms with van der Waals surface area (Å²) < 4.78 is 0. The molecule has 82 valence electrons. The van der Waals surface area contributed by atoms with E-state index >= 15 is 0 Å². The highest BCUT2D eigenvalue weighted by atomic mass is 16.4. The number of carbonyl (C=O) groups is 1. The normalized spacial score (nSPS) is 20.4. The average molecular weight is 201 g/mol. The van der Waals surface area contributed by atoms with Crippen LogP contribution in [0.25, 0.3) is 0 Å². The van der Waals surface area contributed by atoms with E-state index in [2.05, 4.69) is 0 Å². The summed E-state index contributed by atoms with van der Waals surface area (Å²) in [5.74, 6) is 0. The highest BCUT2D eigenvalue weighted by molar-refractivity contribution is 5.65. The maximum absolute atomic E-state index is 11.0. The van der Waals surface area contributed by atoms with E-state index in [4.69, 9.17) is 5.11 Å². The molecule has 2 N–H and O–H groups in total. The lowest BCUT2D eigenvalue weighted by Gasteiger charge is -2.35.